The number of carbonyl (C=O) groups is 1. The second kappa shape index (κ2) is 6.17. The molecule has 0 radical (unpaired) electrons. The Morgan fingerprint density at radius 1 is 1.27 bits per heavy atom. The van der Waals surface area contributed by atoms with E-state index in [4.69, 9.17) is 11.6 Å². The van der Waals surface area contributed by atoms with Crippen molar-refractivity contribution in [2.45, 2.75) is 32.9 Å². The van der Waals surface area contributed by atoms with E-state index in [-0.39, 0.29) is 17.9 Å². The van der Waals surface area contributed by atoms with Gasteiger partial charge in [0.15, 0.2) is 0 Å². The molecule has 116 valence electrons. The SMILES string of the molecule is CC[C@H](C)C(=O)N1CCn2cccc2[C@H]1c1ccc(Cl)cc1. The largest absolute Gasteiger partial charge is 0.348 e. The molecule has 2 aromatic rings. The molecule has 0 N–H and O–H groups in total. The number of hydrogen-bond acceptors (Lipinski definition) is 1. The average Bonchev–Trinajstić information content (AvgIpc) is 3.02. The minimum Gasteiger partial charge on any atom is -0.348 e. The maximum atomic E-state index is 12.8. The van der Waals surface area contributed by atoms with Gasteiger partial charge >= 0.3 is 0 Å². The molecule has 0 aliphatic carbocycles. The number of fused-ring (bicyclic) bond motifs is 1. The lowest BCUT2D eigenvalue weighted by molar-refractivity contribution is -0.137. The maximum Gasteiger partial charge on any atom is 0.226 e. The number of amides is 1. The van der Waals surface area contributed by atoms with Crippen LogP contribution in [0, 0.1) is 5.92 Å². The monoisotopic (exact) mass is 316 g/mol. The molecule has 1 aromatic heterocycles. The van der Waals surface area contributed by atoms with Gasteiger partial charge in [0.1, 0.15) is 0 Å². The van der Waals surface area contributed by atoms with Crippen LogP contribution >= 0.6 is 11.6 Å². The molecular formula is C18H21ClN2O. The van der Waals surface area contributed by atoms with Crippen LogP contribution in [0.1, 0.15) is 37.6 Å². The Hall–Kier alpha value is -1.74. The van der Waals surface area contributed by atoms with E-state index in [0.29, 0.717) is 0 Å². The molecule has 0 bridgehead atoms. The number of benzene rings is 1. The molecule has 2 atom stereocenters. The topological polar surface area (TPSA) is 25.2 Å². The summed E-state index contributed by atoms with van der Waals surface area (Å²) in [6.07, 6.45) is 2.95. The van der Waals surface area contributed by atoms with Crippen molar-refractivity contribution < 1.29 is 4.79 Å². The van der Waals surface area contributed by atoms with Crippen molar-refractivity contribution in [1.29, 1.82) is 0 Å². The van der Waals surface area contributed by atoms with Crippen molar-refractivity contribution in [3.05, 3.63) is 58.9 Å². The zero-order valence-corrected chi connectivity index (χ0v) is 13.8. The molecule has 1 aliphatic rings. The summed E-state index contributed by atoms with van der Waals surface area (Å²) in [5.74, 6) is 0.284. The van der Waals surface area contributed by atoms with Crippen LogP contribution in [-0.2, 0) is 11.3 Å². The Kier molecular flexibility index (Phi) is 4.25. The fraction of sp³-hybridized carbons (Fsp3) is 0.389. The molecule has 1 aliphatic heterocycles. The summed E-state index contributed by atoms with van der Waals surface area (Å²) >= 11 is 6.02. The third-order valence-electron chi connectivity index (χ3n) is 4.54. The highest BCUT2D eigenvalue weighted by atomic mass is 35.5. The average molecular weight is 317 g/mol. The van der Waals surface area contributed by atoms with Gasteiger partial charge in [0.2, 0.25) is 5.91 Å². The molecular weight excluding hydrogens is 296 g/mol. The zero-order chi connectivity index (χ0) is 15.7. The highest BCUT2D eigenvalue weighted by Gasteiger charge is 2.33. The van der Waals surface area contributed by atoms with Crippen molar-refractivity contribution in [3.8, 4) is 0 Å². The van der Waals surface area contributed by atoms with Gasteiger partial charge in [-0.3, -0.25) is 4.79 Å². The van der Waals surface area contributed by atoms with Crippen molar-refractivity contribution in [1.82, 2.24) is 9.47 Å². The van der Waals surface area contributed by atoms with Gasteiger partial charge in [-0.1, -0.05) is 37.6 Å². The molecule has 0 fully saturated rings. The second-order valence-electron chi connectivity index (χ2n) is 5.92. The van der Waals surface area contributed by atoms with Gasteiger partial charge in [-0.05, 0) is 36.2 Å². The standard InChI is InChI=1S/C18H21ClN2O/c1-3-13(2)18(22)21-12-11-20-10-4-5-16(20)17(21)14-6-8-15(19)9-7-14/h4-10,13,17H,3,11-12H2,1-2H3/t13-,17+/m0/s1. The van der Waals surface area contributed by atoms with Crippen molar-refractivity contribution in [2.75, 3.05) is 6.54 Å². The van der Waals surface area contributed by atoms with Gasteiger partial charge in [0.05, 0.1) is 6.04 Å². The third-order valence-corrected chi connectivity index (χ3v) is 4.79. The molecule has 0 unspecified atom stereocenters. The third kappa shape index (κ3) is 2.66. The minimum absolute atomic E-state index is 0.0254. The van der Waals surface area contributed by atoms with E-state index in [2.05, 4.69) is 29.8 Å². The molecule has 22 heavy (non-hydrogen) atoms. The smallest absolute Gasteiger partial charge is 0.226 e. The first-order valence-electron chi connectivity index (χ1n) is 7.82. The molecule has 0 saturated heterocycles. The first kappa shape index (κ1) is 15.2. The molecule has 4 heteroatoms. The molecule has 3 nitrogen and oxygen atoms in total. The van der Waals surface area contributed by atoms with Crippen LogP contribution in [0.25, 0.3) is 0 Å². The van der Waals surface area contributed by atoms with E-state index >= 15 is 0 Å². The number of nitrogens with zero attached hydrogens (tertiary/aromatic N) is 2. The van der Waals surface area contributed by atoms with Crippen LogP contribution in [-0.4, -0.2) is 21.9 Å². The molecule has 0 spiro atoms. The van der Waals surface area contributed by atoms with E-state index in [1.54, 1.807) is 0 Å². The summed E-state index contributed by atoms with van der Waals surface area (Å²) in [5.41, 5.74) is 2.28. The first-order chi connectivity index (χ1) is 10.6. The normalized spacial score (nSPS) is 18.9. The summed E-state index contributed by atoms with van der Waals surface area (Å²) in [7, 11) is 0. The second-order valence-corrected chi connectivity index (χ2v) is 6.36. The van der Waals surface area contributed by atoms with Gasteiger partial charge in [-0.25, -0.2) is 0 Å². The van der Waals surface area contributed by atoms with Crippen molar-refractivity contribution in [3.63, 3.8) is 0 Å². The lowest BCUT2D eigenvalue weighted by atomic mass is 9.97. The van der Waals surface area contributed by atoms with E-state index in [1.165, 1.54) is 5.69 Å². The van der Waals surface area contributed by atoms with Crippen LogP contribution in [0.15, 0.2) is 42.6 Å². The van der Waals surface area contributed by atoms with Crippen molar-refractivity contribution in [2.24, 2.45) is 5.92 Å². The van der Waals surface area contributed by atoms with Crippen LogP contribution in [0.3, 0.4) is 0 Å². The fourth-order valence-electron chi connectivity index (χ4n) is 3.07. The molecule has 1 amide bonds. The van der Waals surface area contributed by atoms with Gasteiger partial charge in [-0.2, -0.15) is 0 Å². The van der Waals surface area contributed by atoms with E-state index in [0.717, 1.165) is 30.1 Å². The Bertz CT molecular complexity index is 662. The van der Waals surface area contributed by atoms with Crippen LogP contribution in [0.2, 0.25) is 5.02 Å². The predicted octanol–water partition coefficient (Wildman–Crippen LogP) is 4.12. The summed E-state index contributed by atoms with van der Waals surface area (Å²) in [4.78, 5) is 14.8. The number of halogens is 1. The lowest BCUT2D eigenvalue weighted by Gasteiger charge is -2.38. The highest BCUT2D eigenvalue weighted by molar-refractivity contribution is 6.30. The Labute approximate surface area is 136 Å². The quantitative estimate of drug-likeness (QED) is 0.836. The van der Waals surface area contributed by atoms with Gasteiger partial charge in [-0.15, -0.1) is 0 Å². The summed E-state index contributed by atoms with van der Waals surface area (Å²) < 4.78 is 2.24. The van der Waals surface area contributed by atoms with E-state index < -0.39 is 0 Å². The Morgan fingerprint density at radius 3 is 2.68 bits per heavy atom. The number of hydrogen-bond donors (Lipinski definition) is 0. The number of carbonyl (C=O) groups excluding carboxylic acids is 1. The van der Waals surface area contributed by atoms with E-state index in [1.807, 2.05) is 36.1 Å². The molecule has 3 rings (SSSR count). The number of rotatable bonds is 3. The van der Waals surface area contributed by atoms with Crippen LogP contribution in [0.5, 0.6) is 0 Å². The zero-order valence-electron chi connectivity index (χ0n) is 13.0. The maximum absolute atomic E-state index is 12.8. The summed E-state index contributed by atoms with van der Waals surface area (Å²) in [5, 5.41) is 0.717. The minimum atomic E-state index is -0.0254. The predicted molar refractivity (Wildman–Crippen MR) is 88.9 cm³/mol. The lowest BCUT2D eigenvalue weighted by Crippen LogP contribution is -2.44. The Balaban J connectivity index is 2.03. The fourth-order valence-corrected chi connectivity index (χ4v) is 3.20. The summed E-state index contributed by atoms with van der Waals surface area (Å²) in [6.45, 7) is 5.67. The molecule has 0 saturated carbocycles. The first-order valence-corrected chi connectivity index (χ1v) is 8.20. The summed E-state index contributed by atoms with van der Waals surface area (Å²) in [6, 6.07) is 12.0. The van der Waals surface area contributed by atoms with Crippen LogP contribution < -0.4 is 0 Å². The highest BCUT2D eigenvalue weighted by Crippen LogP contribution is 2.34. The molecule has 1 aromatic carbocycles. The number of aromatic nitrogens is 1. The van der Waals surface area contributed by atoms with Crippen molar-refractivity contribution >= 4 is 17.5 Å². The van der Waals surface area contributed by atoms with Gasteiger partial charge in [0.25, 0.3) is 0 Å². The van der Waals surface area contributed by atoms with E-state index in [9.17, 15) is 4.79 Å². The molecule has 2 heterocycles. The Morgan fingerprint density at radius 2 is 2.00 bits per heavy atom. The van der Waals surface area contributed by atoms with Gasteiger partial charge in [0, 0.05) is 35.9 Å². The van der Waals surface area contributed by atoms with Gasteiger partial charge < -0.3 is 9.47 Å². The van der Waals surface area contributed by atoms with Crippen LogP contribution in [0.4, 0.5) is 0 Å².